The zero-order chi connectivity index (χ0) is 17.3. The molecular formula is C17H24N3O3S+. The number of methoxy groups -OCH3 is 1. The Balaban J connectivity index is 1.90. The first kappa shape index (κ1) is 17.1. The first-order valence-electron chi connectivity index (χ1n) is 8.44. The van der Waals surface area contributed by atoms with Gasteiger partial charge >= 0.3 is 5.97 Å². The Morgan fingerprint density at radius 2 is 2.08 bits per heavy atom. The second kappa shape index (κ2) is 7.03. The lowest BCUT2D eigenvalue weighted by molar-refractivity contribution is -0.921. The van der Waals surface area contributed by atoms with Crippen LogP contribution in [0.3, 0.4) is 0 Å². The van der Waals surface area contributed by atoms with Crippen LogP contribution in [0.15, 0.2) is 4.79 Å². The minimum Gasteiger partial charge on any atom is -0.465 e. The molecule has 0 aliphatic heterocycles. The fourth-order valence-corrected chi connectivity index (χ4v) is 4.68. The number of aryl methyl sites for hydroxylation is 1. The molecule has 1 atom stereocenters. The van der Waals surface area contributed by atoms with Gasteiger partial charge in [0.2, 0.25) is 0 Å². The summed E-state index contributed by atoms with van der Waals surface area (Å²) >= 11 is 1.23. The summed E-state index contributed by atoms with van der Waals surface area (Å²) in [6.07, 6.45) is 6.39. The quantitative estimate of drug-likeness (QED) is 0.818. The van der Waals surface area contributed by atoms with Gasteiger partial charge in [0, 0.05) is 0 Å². The van der Waals surface area contributed by atoms with Crippen LogP contribution < -0.4 is 10.5 Å². The molecule has 24 heavy (non-hydrogen) atoms. The highest BCUT2D eigenvalue weighted by molar-refractivity contribution is 7.20. The lowest BCUT2D eigenvalue weighted by atomic mass is 9.94. The highest BCUT2D eigenvalue weighted by Gasteiger charge is 2.24. The SMILES string of the molecule is COC(=O)c1sc2nc(C[NH+](C)C3CCCCC3)[nH]c(=O)c2c1C. The van der Waals surface area contributed by atoms with E-state index < -0.39 is 5.97 Å². The van der Waals surface area contributed by atoms with E-state index in [-0.39, 0.29) is 5.56 Å². The molecule has 1 saturated carbocycles. The topological polar surface area (TPSA) is 76.5 Å². The molecule has 0 saturated heterocycles. The molecule has 2 aromatic heterocycles. The average molecular weight is 350 g/mol. The minimum absolute atomic E-state index is 0.171. The van der Waals surface area contributed by atoms with E-state index in [1.807, 2.05) is 0 Å². The van der Waals surface area contributed by atoms with Crippen molar-refractivity contribution in [3.63, 3.8) is 0 Å². The molecule has 2 heterocycles. The van der Waals surface area contributed by atoms with Crippen LogP contribution in [0.2, 0.25) is 0 Å². The molecule has 6 nitrogen and oxygen atoms in total. The number of aromatic nitrogens is 2. The van der Waals surface area contributed by atoms with Crippen molar-refractivity contribution in [3.8, 4) is 0 Å². The number of carbonyl (C=O) groups is 1. The summed E-state index contributed by atoms with van der Waals surface area (Å²) in [5.41, 5.74) is 0.477. The fourth-order valence-electron chi connectivity index (χ4n) is 3.56. The molecule has 0 aromatic carbocycles. The van der Waals surface area contributed by atoms with Gasteiger partial charge in [-0.3, -0.25) is 4.79 Å². The summed E-state index contributed by atoms with van der Waals surface area (Å²) in [6, 6.07) is 0.635. The second-order valence-corrected chi connectivity index (χ2v) is 7.60. The van der Waals surface area contributed by atoms with Crippen LogP contribution in [0.1, 0.15) is 53.2 Å². The van der Waals surface area contributed by atoms with Gasteiger partial charge in [0.05, 0.1) is 25.6 Å². The first-order chi connectivity index (χ1) is 11.5. The number of hydrogen-bond acceptors (Lipinski definition) is 5. The molecule has 2 aromatic rings. The molecule has 1 aliphatic carbocycles. The molecule has 0 spiro atoms. The van der Waals surface area contributed by atoms with Crippen molar-refractivity contribution in [2.45, 2.75) is 51.6 Å². The molecule has 1 fully saturated rings. The van der Waals surface area contributed by atoms with E-state index in [9.17, 15) is 9.59 Å². The van der Waals surface area contributed by atoms with Gasteiger partial charge in [0.25, 0.3) is 5.56 Å². The van der Waals surface area contributed by atoms with Crippen molar-refractivity contribution in [2.24, 2.45) is 0 Å². The normalized spacial score (nSPS) is 17.1. The third-order valence-electron chi connectivity index (χ3n) is 4.97. The molecule has 7 heteroatoms. The van der Waals surface area contributed by atoms with Crippen LogP contribution in [0, 0.1) is 6.92 Å². The molecular weight excluding hydrogens is 326 g/mol. The Bertz CT molecular complexity index is 805. The van der Waals surface area contributed by atoms with Gasteiger partial charge in [-0.05, 0) is 38.2 Å². The molecule has 1 aliphatic rings. The Labute approximate surface area is 144 Å². The summed E-state index contributed by atoms with van der Waals surface area (Å²) in [6.45, 7) is 2.46. The maximum Gasteiger partial charge on any atom is 0.348 e. The number of quaternary nitrogens is 1. The van der Waals surface area contributed by atoms with E-state index in [4.69, 9.17) is 4.74 Å². The minimum atomic E-state index is -0.415. The number of ether oxygens (including phenoxy) is 1. The monoisotopic (exact) mass is 350 g/mol. The molecule has 1 unspecified atom stereocenters. The summed E-state index contributed by atoms with van der Waals surface area (Å²) < 4.78 is 4.79. The zero-order valence-corrected chi connectivity index (χ0v) is 15.2. The number of nitrogens with zero attached hydrogens (tertiary/aromatic N) is 1. The largest absolute Gasteiger partial charge is 0.465 e. The van der Waals surface area contributed by atoms with E-state index in [2.05, 4.69) is 17.0 Å². The lowest BCUT2D eigenvalue weighted by Gasteiger charge is -2.27. The fraction of sp³-hybridized carbons (Fsp3) is 0.588. The van der Waals surface area contributed by atoms with Crippen LogP contribution in [0.25, 0.3) is 10.2 Å². The summed E-state index contributed by atoms with van der Waals surface area (Å²) in [4.78, 5) is 34.2. The van der Waals surface area contributed by atoms with Crippen molar-refractivity contribution in [2.75, 3.05) is 14.2 Å². The van der Waals surface area contributed by atoms with E-state index in [1.54, 1.807) is 6.92 Å². The van der Waals surface area contributed by atoms with Crippen LogP contribution in [-0.4, -0.2) is 36.1 Å². The molecule has 3 rings (SSSR count). The van der Waals surface area contributed by atoms with Crippen molar-refractivity contribution >= 4 is 27.5 Å². The number of rotatable bonds is 4. The van der Waals surface area contributed by atoms with Crippen molar-refractivity contribution in [3.05, 3.63) is 26.6 Å². The summed E-state index contributed by atoms with van der Waals surface area (Å²) in [5, 5.41) is 0.500. The van der Waals surface area contributed by atoms with Gasteiger partial charge in [0.1, 0.15) is 16.3 Å². The van der Waals surface area contributed by atoms with Crippen LogP contribution >= 0.6 is 11.3 Å². The summed E-state index contributed by atoms with van der Waals surface area (Å²) in [5.74, 6) is 0.273. The van der Waals surface area contributed by atoms with E-state index in [1.165, 1.54) is 55.5 Å². The van der Waals surface area contributed by atoms with Gasteiger partial charge in [-0.1, -0.05) is 6.42 Å². The second-order valence-electron chi connectivity index (χ2n) is 6.60. The third kappa shape index (κ3) is 3.23. The molecule has 0 amide bonds. The molecule has 0 bridgehead atoms. The Kier molecular flexibility index (Phi) is 5.01. The standard InChI is InChI=1S/C17H23N3O3S/c1-10-13-15(21)18-12(9-20(2)11-7-5-4-6-8-11)19-16(13)24-14(10)17(22)23-3/h11H,4-9H2,1-3H3,(H,18,19,21)/p+1. The number of H-pyrrole nitrogens is 1. The molecule has 2 N–H and O–H groups in total. The van der Waals surface area contributed by atoms with Crippen LogP contribution in [0.5, 0.6) is 0 Å². The number of nitrogens with one attached hydrogen (secondary N) is 2. The number of hydrogen-bond donors (Lipinski definition) is 2. The predicted octanol–water partition coefficient (Wildman–Crippen LogP) is 1.43. The number of esters is 1. The Morgan fingerprint density at radius 1 is 1.38 bits per heavy atom. The first-order valence-corrected chi connectivity index (χ1v) is 9.25. The van der Waals surface area contributed by atoms with E-state index in [0.717, 1.165) is 0 Å². The maximum atomic E-state index is 12.5. The van der Waals surface area contributed by atoms with Crippen molar-refractivity contribution in [1.82, 2.24) is 9.97 Å². The average Bonchev–Trinajstić information content (AvgIpc) is 2.92. The number of fused-ring (bicyclic) bond motifs is 1. The van der Waals surface area contributed by atoms with Crippen LogP contribution in [0.4, 0.5) is 0 Å². The third-order valence-corrected chi connectivity index (χ3v) is 6.13. The van der Waals surface area contributed by atoms with Gasteiger partial charge in [-0.2, -0.15) is 0 Å². The zero-order valence-electron chi connectivity index (χ0n) is 14.4. The van der Waals surface area contributed by atoms with Crippen molar-refractivity contribution < 1.29 is 14.4 Å². The number of carbonyl (C=O) groups excluding carboxylic acids is 1. The number of aromatic amines is 1. The summed E-state index contributed by atoms with van der Waals surface area (Å²) in [7, 11) is 3.51. The van der Waals surface area contributed by atoms with Crippen molar-refractivity contribution in [1.29, 1.82) is 0 Å². The van der Waals surface area contributed by atoms with Gasteiger partial charge in [-0.15, -0.1) is 11.3 Å². The van der Waals surface area contributed by atoms with Gasteiger partial charge in [-0.25, -0.2) is 9.78 Å². The smallest absolute Gasteiger partial charge is 0.348 e. The highest BCUT2D eigenvalue weighted by Crippen LogP contribution is 2.27. The predicted molar refractivity (Wildman–Crippen MR) is 93.8 cm³/mol. The van der Waals surface area contributed by atoms with Gasteiger partial charge in [0.15, 0.2) is 5.82 Å². The lowest BCUT2D eigenvalue weighted by Crippen LogP contribution is -3.11. The highest BCUT2D eigenvalue weighted by atomic mass is 32.1. The van der Waals surface area contributed by atoms with E-state index >= 15 is 0 Å². The Hall–Kier alpha value is -1.73. The molecule has 0 radical (unpaired) electrons. The van der Waals surface area contributed by atoms with E-state index in [0.29, 0.717) is 39.1 Å². The van der Waals surface area contributed by atoms with Crippen LogP contribution in [-0.2, 0) is 11.3 Å². The molecule has 130 valence electrons. The Morgan fingerprint density at radius 3 is 2.75 bits per heavy atom. The number of thiophene rings is 1. The van der Waals surface area contributed by atoms with Gasteiger partial charge < -0.3 is 14.6 Å². The maximum absolute atomic E-state index is 12.5.